The molecule has 114 valence electrons. The van der Waals surface area contributed by atoms with Crippen molar-refractivity contribution < 1.29 is 4.79 Å². The van der Waals surface area contributed by atoms with Crippen molar-refractivity contribution in [2.24, 2.45) is 4.99 Å². The second-order valence-corrected chi connectivity index (χ2v) is 7.02. The highest BCUT2D eigenvalue weighted by Gasteiger charge is 2.11. The molecule has 3 rings (SSSR count). The van der Waals surface area contributed by atoms with E-state index in [0.29, 0.717) is 21.9 Å². The summed E-state index contributed by atoms with van der Waals surface area (Å²) >= 11 is 11.0. The van der Waals surface area contributed by atoms with Gasteiger partial charge in [0.2, 0.25) is 0 Å². The first-order valence-corrected chi connectivity index (χ1v) is 8.65. The van der Waals surface area contributed by atoms with Gasteiger partial charge in [-0.1, -0.05) is 56.9 Å². The Kier molecular flexibility index (Phi) is 4.67. The van der Waals surface area contributed by atoms with Gasteiger partial charge < -0.3 is 4.57 Å². The molecule has 0 atom stereocenters. The number of hydrogen-bond acceptors (Lipinski definition) is 2. The summed E-state index contributed by atoms with van der Waals surface area (Å²) in [5.74, 6) is 2.26. The van der Waals surface area contributed by atoms with Crippen molar-refractivity contribution in [3.63, 3.8) is 0 Å². The SMILES string of the molecule is C#CCn1c(=NC(=O)c2cccc(Br)c2)sc2cccc(Cl)c21. The van der Waals surface area contributed by atoms with Crippen LogP contribution in [-0.2, 0) is 6.54 Å². The maximum atomic E-state index is 12.4. The molecule has 1 amide bonds. The minimum Gasteiger partial charge on any atom is -0.303 e. The van der Waals surface area contributed by atoms with Gasteiger partial charge in [-0.25, -0.2) is 0 Å². The highest BCUT2D eigenvalue weighted by molar-refractivity contribution is 9.10. The molecule has 23 heavy (non-hydrogen) atoms. The molecule has 0 aliphatic heterocycles. The molecule has 3 nitrogen and oxygen atoms in total. The average Bonchev–Trinajstić information content (AvgIpc) is 2.86. The lowest BCUT2D eigenvalue weighted by atomic mass is 10.2. The van der Waals surface area contributed by atoms with Crippen LogP contribution in [0.2, 0.25) is 5.02 Å². The number of amides is 1. The summed E-state index contributed by atoms with van der Waals surface area (Å²) in [4.78, 5) is 17.2. The monoisotopic (exact) mass is 404 g/mol. The summed E-state index contributed by atoms with van der Waals surface area (Å²) in [6.45, 7) is 0.300. The molecule has 0 fully saturated rings. The zero-order valence-electron chi connectivity index (χ0n) is 11.8. The van der Waals surface area contributed by atoms with Gasteiger partial charge in [-0.05, 0) is 30.3 Å². The van der Waals surface area contributed by atoms with Crippen LogP contribution in [0.3, 0.4) is 0 Å². The zero-order chi connectivity index (χ0) is 16.4. The van der Waals surface area contributed by atoms with Crippen LogP contribution in [0, 0.1) is 12.3 Å². The normalized spacial score (nSPS) is 11.6. The van der Waals surface area contributed by atoms with Gasteiger partial charge in [-0.2, -0.15) is 4.99 Å². The third kappa shape index (κ3) is 3.25. The Labute approximate surface area is 150 Å². The number of benzene rings is 2. The molecule has 1 heterocycles. The maximum Gasteiger partial charge on any atom is 0.279 e. The van der Waals surface area contributed by atoms with Crippen LogP contribution in [0.1, 0.15) is 10.4 Å². The molecule has 1 aromatic heterocycles. The molecule has 0 aliphatic rings. The van der Waals surface area contributed by atoms with E-state index in [2.05, 4.69) is 26.8 Å². The molecule has 0 saturated carbocycles. The van der Waals surface area contributed by atoms with Crippen molar-refractivity contribution in [2.45, 2.75) is 6.54 Å². The number of thiazole rings is 1. The van der Waals surface area contributed by atoms with Crippen molar-refractivity contribution in [3.8, 4) is 12.3 Å². The molecule has 0 bridgehead atoms. The maximum absolute atomic E-state index is 12.4. The summed E-state index contributed by atoms with van der Waals surface area (Å²) in [6.07, 6.45) is 5.45. The summed E-state index contributed by atoms with van der Waals surface area (Å²) in [5.41, 5.74) is 1.31. The Morgan fingerprint density at radius 1 is 1.35 bits per heavy atom. The Morgan fingerprint density at radius 2 is 2.13 bits per heavy atom. The van der Waals surface area contributed by atoms with Gasteiger partial charge in [-0.15, -0.1) is 6.42 Å². The van der Waals surface area contributed by atoms with Crippen LogP contribution in [0.15, 0.2) is 51.9 Å². The van der Waals surface area contributed by atoms with Crippen molar-refractivity contribution >= 4 is 55.0 Å². The standard InChI is InChI=1S/C17H10BrClN2OS/c1-2-9-21-15-13(19)7-4-8-14(15)23-17(21)20-16(22)11-5-3-6-12(18)10-11/h1,3-8,10H,9H2. The number of halogens is 2. The fraction of sp³-hybridized carbons (Fsp3) is 0.0588. The van der Waals surface area contributed by atoms with E-state index in [1.807, 2.05) is 18.2 Å². The van der Waals surface area contributed by atoms with E-state index >= 15 is 0 Å². The van der Waals surface area contributed by atoms with Crippen LogP contribution in [0.4, 0.5) is 0 Å². The van der Waals surface area contributed by atoms with Gasteiger partial charge >= 0.3 is 0 Å². The highest BCUT2D eigenvalue weighted by atomic mass is 79.9. The smallest absolute Gasteiger partial charge is 0.279 e. The minimum atomic E-state index is -0.320. The van der Waals surface area contributed by atoms with Gasteiger partial charge in [0, 0.05) is 10.0 Å². The summed E-state index contributed by atoms with van der Waals surface area (Å²) in [6, 6.07) is 12.7. The van der Waals surface area contributed by atoms with Crippen LogP contribution in [0.25, 0.3) is 10.2 Å². The molecule has 2 aromatic carbocycles. The van der Waals surface area contributed by atoms with Crippen molar-refractivity contribution in [3.05, 3.63) is 62.3 Å². The van der Waals surface area contributed by atoms with E-state index in [1.54, 1.807) is 28.8 Å². The van der Waals surface area contributed by atoms with E-state index in [0.717, 1.165) is 14.7 Å². The minimum absolute atomic E-state index is 0.300. The van der Waals surface area contributed by atoms with Gasteiger partial charge in [0.25, 0.3) is 5.91 Å². The van der Waals surface area contributed by atoms with Crippen LogP contribution < -0.4 is 4.80 Å². The molecule has 0 N–H and O–H groups in total. The fourth-order valence-corrected chi connectivity index (χ4v) is 3.97. The predicted octanol–water partition coefficient (Wildman–Crippen LogP) is 4.49. The van der Waals surface area contributed by atoms with Crippen LogP contribution in [0.5, 0.6) is 0 Å². The van der Waals surface area contributed by atoms with E-state index < -0.39 is 0 Å². The molecular formula is C17H10BrClN2OS. The first-order valence-electron chi connectivity index (χ1n) is 6.66. The Bertz CT molecular complexity index is 1010. The molecule has 0 aliphatic carbocycles. The number of fused-ring (bicyclic) bond motifs is 1. The lowest BCUT2D eigenvalue weighted by molar-refractivity contribution is 0.0998. The second kappa shape index (κ2) is 6.71. The number of carbonyl (C=O) groups excluding carboxylic acids is 1. The summed E-state index contributed by atoms with van der Waals surface area (Å²) in [7, 11) is 0. The lowest BCUT2D eigenvalue weighted by Crippen LogP contribution is -2.16. The number of hydrogen-bond donors (Lipinski definition) is 0. The van der Waals surface area contributed by atoms with Crippen molar-refractivity contribution in [1.82, 2.24) is 4.57 Å². The highest BCUT2D eigenvalue weighted by Crippen LogP contribution is 2.25. The van der Waals surface area contributed by atoms with E-state index in [4.69, 9.17) is 18.0 Å². The molecule has 0 saturated heterocycles. The Hall–Kier alpha value is -1.87. The summed E-state index contributed by atoms with van der Waals surface area (Å²) < 4.78 is 3.56. The molecule has 0 radical (unpaired) electrons. The number of aromatic nitrogens is 1. The molecular weight excluding hydrogens is 396 g/mol. The first-order chi connectivity index (χ1) is 11.1. The van der Waals surface area contributed by atoms with Gasteiger partial charge in [0.05, 0.1) is 21.8 Å². The number of para-hydroxylation sites is 1. The molecule has 6 heteroatoms. The van der Waals surface area contributed by atoms with E-state index in [-0.39, 0.29) is 5.91 Å². The van der Waals surface area contributed by atoms with Gasteiger partial charge in [0.15, 0.2) is 4.80 Å². The lowest BCUT2D eigenvalue weighted by Gasteiger charge is -2.01. The third-order valence-corrected chi connectivity index (χ3v) is 5.01. The first kappa shape index (κ1) is 16.0. The van der Waals surface area contributed by atoms with Crippen molar-refractivity contribution in [1.29, 1.82) is 0 Å². The quantitative estimate of drug-likeness (QED) is 0.578. The van der Waals surface area contributed by atoms with Gasteiger partial charge in [-0.3, -0.25) is 4.79 Å². The summed E-state index contributed by atoms with van der Waals surface area (Å²) in [5, 5.41) is 0.588. The number of terminal acetylenes is 1. The third-order valence-electron chi connectivity index (χ3n) is 3.17. The van der Waals surface area contributed by atoms with Crippen LogP contribution >= 0.6 is 38.9 Å². The molecule has 0 unspecified atom stereocenters. The largest absolute Gasteiger partial charge is 0.303 e. The van der Waals surface area contributed by atoms with E-state index in [9.17, 15) is 4.79 Å². The average molecular weight is 406 g/mol. The Morgan fingerprint density at radius 3 is 2.87 bits per heavy atom. The topological polar surface area (TPSA) is 34.4 Å². The number of rotatable bonds is 2. The number of carbonyl (C=O) groups is 1. The second-order valence-electron chi connectivity index (χ2n) is 4.69. The van der Waals surface area contributed by atoms with Crippen LogP contribution in [-0.4, -0.2) is 10.5 Å². The number of nitrogens with zero attached hydrogens (tertiary/aromatic N) is 2. The zero-order valence-corrected chi connectivity index (χ0v) is 15.0. The van der Waals surface area contributed by atoms with Crippen molar-refractivity contribution in [2.75, 3.05) is 0 Å². The predicted molar refractivity (Wildman–Crippen MR) is 97.7 cm³/mol. The fourth-order valence-electron chi connectivity index (χ4n) is 2.18. The molecule has 0 spiro atoms. The Balaban J connectivity index is 2.19. The molecule has 3 aromatic rings. The van der Waals surface area contributed by atoms with Gasteiger partial charge in [0.1, 0.15) is 0 Å². The van der Waals surface area contributed by atoms with E-state index in [1.165, 1.54) is 11.3 Å².